The van der Waals surface area contributed by atoms with Gasteiger partial charge in [-0.1, -0.05) is 61.0 Å². The molecule has 98 valence electrons. The standard InChI is InChI=1S/C16H15ClO2/c1-2-16(15(18)19,12-6-4-3-5-7-12)13-8-10-14(17)11-9-13/h3-11H,2H2,1H3,(H,18,19). The summed E-state index contributed by atoms with van der Waals surface area (Å²) in [6.45, 7) is 1.88. The largest absolute Gasteiger partial charge is 0.480 e. The van der Waals surface area contributed by atoms with Crippen LogP contribution in [0.3, 0.4) is 0 Å². The Morgan fingerprint density at radius 3 is 2.05 bits per heavy atom. The molecule has 3 heteroatoms. The number of hydrogen-bond acceptors (Lipinski definition) is 1. The molecule has 0 fully saturated rings. The number of rotatable bonds is 4. The molecule has 0 saturated carbocycles. The monoisotopic (exact) mass is 274 g/mol. The second kappa shape index (κ2) is 5.45. The summed E-state index contributed by atoms with van der Waals surface area (Å²) in [5, 5.41) is 10.4. The third-order valence-corrected chi connectivity index (χ3v) is 3.75. The first-order valence-electron chi connectivity index (χ1n) is 6.16. The van der Waals surface area contributed by atoms with E-state index in [1.54, 1.807) is 24.3 Å². The van der Waals surface area contributed by atoms with Crippen LogP contribution < -0.4 is 0 Å². The van der Waals surface area contributed by atoms with Gasteiger partial charge in [-0.15, -0.1) is 0 Å². The van der Waals surface area contributed by atoms with Gasteiger partial charge in [-0.05, 0) is 29.7 Å². The fourth-order valence-electron chi connectivity index (χ4n) is 2.43. The number of carboxylic acids is 1. The molecule has 0 saturated heterocycles. The zero-order valence-electron chi connectivity index (χ0n) is 10.6. The third kappa shape index (κ3) is 2.36. The molecule has 1 atom stereocenters. The number of carbonyl (C=O) groups is 1. The highest BCUT2D eigenvalue weighted by Gasteiger charge is 2.40. The quantitative estimate of drug-likeness (QED) is 0.910. The van der Waals surface area contributed by atoms with E-state index in [4.69, 9.17) is 11.6 Å². The Morgan fingerprint density at radius 2 is 1.58 bits per heavy atom. The van der Waals surface area contributed by atoms with Gasteiger partial charge in [0.05, 0.1) is 0 Å². The highest BCUT2D eigenvalue weighted by molar-refractivity contribution is 6.30. The minimum absolute atomic E-state index is 0.480. The predicted octanol–water partition coefficient (Wildman–Crippen LogP) is 4.12. The van der Waals surface area contributed by atoms with Crippen LogP contribution in [-0.4, -0.2) is 11.1 Å². The zero-order chi connectivity index (χ0) is 13.9. The van der Waals surface area contributed by atoms with Crippen molar-refractivity contribution in [3.05, 3.63) is 70.7 Å². The number of carboxylic acid groups (broad SMARTS) is 1. The van der Waals surface area contributed by atoms with Gasteiger partial charge in [-0.25, -0.2) is 0 Å². The van der Waals surface area contributed by atoms with Gasteiger partial charge in [0.1, 0.15) is 5.41 Å². The molecule has 2 aromatic rings. The summed E-state index contributed by atoms with van der Waals surface area (Å²) in [6, 6.07) is 16.3. The topological polar surface area (TPSA) is 37.3 Å². The molecule has 0 aliphatic carbocycles. The summed E-state index contributed by atoms with van der Waals surface area (Å²) in [7, 11) is 0. The van der Waals surface area contributed by atoms with Crippen LogP contribution in [0.5, 0.6) is 0 Å². The van der Waals surface area contributed by atoms with Crippen molar-refractivity contribution in [3.63, 3.8) is 0 Å². The highest BCUT2D eigenvalue weighted by Crippen LogP contribution is 2.36. The van der Waals surface area contributed by atoms with E-state index in [1.165, 1.54) is 0 Å². The smallest absolute Gasteiger partial charge is 0.318 e. The molecular weight excluding hydrogens is 260 g/mol. The Balaban J connectivity index is 2.64. The summed E-state index contributed by atoms with van der Waals surface area (Å²) in [4.78, 5) is 11.9. The molecule has 19 heavy (non-hydrogen) atoms. The minimum atomic E-state index is -1.02. The van der Waals surface area contributed by atoms with Gasteiger partial charge in [-0.3, -0.25) is 4.79 Å². The fourth-order valence-corrected chi connectivity index (χ4v) is 2.56. The van der Waals surface area contributed by atoms with Crippen LogP contribution in [0.2, 0.25) is 5.02 Å². The van der Waals surface area contributed by atoms with Gasteiger partial charge in [0.25, 0.3) is 0 Å². The van der Waals surface area contributed by atoms with Crippen molar-refractivity contribution in [1.29, 1.82) is 0 Å². The maximum absolute atomic E-state index is 11.9. The Hall–Kier alpha value is -1.80. The van der Waals surface area contributed by atoms with Crippen LogP contribution in [-0.2, 0) is 10.2 Å². The molecule has 2 aromatic carbocycles. The van der Waals surface area contributed by atoms with Crippen LogP contribution in [0.1, 0.15) is 24.5 Å². The maximum atomic E-state index is 11.9. The van der Waals surface area contributed by atoms with Crippen LogP contribution in [0, 0.1) is 0 Å². The van der Waals surface area contributed by atoms with Gasteiger partial charge in [0, 0.05) is 5.02 Å². The number of benzene rings is 2. The van der Waals surface area contributed by atoms with Gasteiger partial charge in [-0.2, -0.15) is 0 Å². The van der Waals surface area contributed by atoms with E-state index in [1.807, 2.05) is 37.3 Å². The summed E-state index contributed by atoms with van der Waals surface area (Å²) in [6.07, 6.45) is 0.480. The number of hydrogen-bond donors (Lipinski definition) is 1. The fraction of sp³-hybridized carbons (Fsp3) is 0.188. The van der Waals surface area contributed by atoms with Crippen molar-refractivity contribution in [2.24, 2.45) is 0 Å². The second-order valence-corrected chi connectivity index (χ2v) is 4.87. The van der Waals surface area contributed by atoms with E-state index in [0.717, 1.165) is 11.1 Å². The Kier molecular flexibility index (Phi) is 3.91. The minimum Gasteiger partial charge on any atom is -0.480 e. The van der Waals surface area contributed by atoms with E-state index in [0.29, 0.717) is 11.4 Å². The van der Waals surface area contributed by atoms with Crippen LogP contribution >= 0.6 is 11.6 Å². The van der Waals surface area contributed by atoms with Gasteiger partial charge < -0.3 is 5.11 Å². The molecule has 0 amide bonds. The van der Waals surface area contributed by atoms with Crippen molar-refractivity contribution in [2.45, 2.75) is 18.8 Å². The van der Waals surface area contributed by atoms with Crippen molar-refractivity contribution in [3.8, 4) is 0 Å². The first-order chi connectivity index (χ1) is 9.11. The van der Waals surface area contributed by atoms with E-state index in [-0.39, 0.29) is 0 Å². The number of halogens is 1. The van der Waals surface area contributed by atoms with Gasteiger partial charge >= 0.3 is 5.97 Å². The van der Waals surface area contributed by atoms with Crippen LogP contribution in [0.4, 0.5) is 0 Å². The Labute approximate surface area is 117 Å². The lowest BCUT2D eigenvalue weighted by Crippen LogP contribution is -2.36. The molecule has 0 bridgehead atoms. The summed E-state index contributed by atoms with van der Waals surface area (Å²) < 4.78 is 0. The molecule has 0 radical (unpaired) electrons. The summed E-state index contributed by atoms with van der Waals surface area (Å²) in [5.74, 6) is -0.844. The lowest BCUT2D eigenvalue weighted by Gasteiger charge is -2.29. The molecule has 0 spiro atoms. The predicted molar refractivity (Wildman–Crippen MR) is 76.6 cm³/mol. The van der Waals surface area contributed by atoms with Crippen LogP contribution in [0.15, 0.2) is 54.6 Å². The third-order valence-electron chi connectivity index (χ3n) is 3.50. The van der Waals surface area contributed by atoms with E-state index in [9.17, 15) is 9.90 Å². The van der Waals surface area contributed by atoms with E-state index < -0.39 is 11.4 Å². The Bertz CT molecular complexity index is 563. The molecule has 2 nitrogen and oxygen atoms in total. The molecule has 0 aliphatic rings. The number of aliphatic carboxylic acids is 1. The zero-order valence-corrected chi connectivity index (χ0v) is 11.4. The average molecular weight is 275 g/mol. The van der Waals surface area contributed by atoms with E-state index >= 15 is 0 Å². The molecule has 2 rings (SSSR count). The molecular formula is C16H15ClO2. The lowest BCUT2D eigenvalue weighted by atomic mass is 9.72. The second-order valence-electron chi connectivity index (χ2n) is 4.44. The SMILES string of the molecule is CCC(C(=O)O)(c1ccccc1)c1ccc(Cl)cc1. The first-order valence-corrected chi connectivity index (χ1v) is 6.54. The summed E-state index contributed by atoms with van der Waals surface area (Å²) >= 11 is 5.88. The molecule has 0 aliphatic heterocycles. The van der Waals surface area contributed by atoms with Crippen molar-refractivity contribution < 1.29 is 9.90 Å². The van der Waals surface area contributed by atoms with E-state index in [2.05, 4.69) is 0 Å². The van der Waals surface area contributed by atoms with Gasteiger partial charge in [0.15, 0.2) is 0 Å². The van der Waals surface area contributed by atoms with Crippen molar-refractivity contribution >= 4 is 17.6 Å². The summed E-state index contributed by atoms with van der Waals surface area (Å²) in [5.41, 5.74) is 0.511. The highest BCUT2D eigenvalue weighted by atomic mass is 35.5. The van der Waals surface area contributed by atoms with Crippen molar-refractivity contribution in [1.82, 2.24) is 0 Å². The molecule has 1 unspecified atom stereocenters. The first kappa shape index (κ1) is 13.6. The normalized spacial score (nSPS) is 13.8. The molecule has 0 aromatic heterocycles. The molecule has 1 N–H and O–H groups in total. The average Bonchev–Trinajstić information content (AvgIpc) is 2.43. The van der Waals surface area contributed by atoms with Crippen LogP contribution in [0.25, 0.3) is 0 Å². The van der Waals surface area contributed by atoms with Crippen molar-refractivity contribution in [2.75, 3.05) is 0 Å². The lowest BCUT2D eigenvalue weighted by molar-refractivity contribution is -0.142. The maximum Gasteiger partial charge on any atom is 0.318 e. The molecule has 0 heterocycles. The van der Waals surface area contributed by atoms with Gasteiger partial charge in [0.2, 0.25) is 0 Å². The Morgan fingerprint density at radius 1 is 1.05 bits per heavy atom.